The Kier molecular flexibility index (Phi) is 7.36. The Balaban J connectivity index is 2.27. The average molecular weight is 342 g/mol. The SMILES string of the molecule is C[C@@H](OC(=O)CCCNC(=O)OC(C)(C)C)c1ccccc1Cl. The molecule has 0 saturated carbocycles. The molecule has 0 spiro atoms. The van der Waals surface area contributed by atoms with Gasteiger partial charge in [0.05, 0.1) is 0 Å². The minimum absolute atomic E-state index is 0.213. The van der Waals surface area contributed by atoms with Crippen LogP contribution in [0.2, 0.25) is 5.02 Å². The molecular formula is C17H24ClNO4. The van der Waals surface area contributed by atoms with Crippen LogP contribution in [0.25, 0.3) is 0 Å². The molecule has 5 nitrogen and oxygen atoms in total. The van der Waals surface area contributed by atoms with Gasteiger partial charge in [0.25, 0.3) is 0 Å². The number of halogens is 1. The van der Waals surface area contributed by atoms with Crippen LogP contribution in [0.3, 0.4) is 0 Å². The van der Waals surface area contributed by atoms with Crippen molar-refractivity contribution in [2.24, 2.45) is 0 Å². The van der Waals surface area contributed by atoms with E-state index in [-0.39, 0.29) is 12.4 Å². The molecule has 0 saturated heterocycles. The van der Waals surface area contributed by atoms with Gasteiger partial charge in [-0.2, -0.15) is 0 Å². The Morgan fingerprint density at radius 1 is 1.26 bits per heavy atom. The van der Waals surface area contributed by atoms with Gasteiger partial charge in [-0.3, -0.25) is 4.79 Å². The summed E-state index contributed by atoms with van der Waals surface area (Å²) in [4.78, 5) is 23.2. The number of amides is 1. The van der Waals surface area contributed by atoms with Gasteiger partial charge in [0.1, 0.15) is 11.7 Å². The van der Waals surface area contributed by atoms with Crippen molar-refractivity contribution in [3.05, 3.63) is 34.9 Å². The summed E-state index contributed by atoms with van der Waals surface area (Å²) in [5.74, 6) is -0.330. The van der Waals surface area contributed by atoms with E-state index in [4.69, 9.17) is 21.1 Å². The van der Waals surface area contributed by atoms with E-state index in [2.05, 4.69) is 5.32 Å². The Morgan fingerprint density at radius 3 is 2.52 bits per heavy atom. The van der Waals surface area contributed by atoms with Gasteiger partial charge in [-0.25, -0.2) is 4.79 Å². The Labute approximate surface area is 142 Å². The number of rotatable bonds is 6. The Hall–Kier alpha value is -1.75. The van der Waals surface area contributed by atoms with Gasteiger partial charge in [0, 0.05) is 23.6 Å². The molecule has 1 rings (SSSR count). The molecule has 23 heavy (non-hydrogen) atoms. The zero-order valence-electron chi connectivity index (χ0n) is 14.0. The highest BCUT2D eigenvalue weighted by molar-refractivity contribution is 6.31. The predicted octanol–water partition coefficient (Wildman–Crippen LogP) is 4.25. The second kappa shape index (κ2) is 8.77. The van der Waals surface area contributed by atoms with Crippen molar-refractivity contribution in [1.82, 2.24) is 5.32 Å². The topological polar surface area (TPSA) is 64.6 Å². The first kappa shape index (κ1) is 19.3. The van der Waals surface area contributed by atoms with Crippen molar-refractivity contribution in [3.8, 4) is 0 Å². The normalized spacial score (nSPS) is 12.4. The quantitative estimate of drug-likeness (QED) is 0.620. The summed E-state index contributed by atoms with van der Waals surface area (Å²) in [6.07, 6.45) is -0.205. The molecule has 1 amide bonds. The highest BCUT2D eigenvalue weighted by Gasteiger charge is 2.16. The summed E-state index contributed by atoms with van der Waals surface area (Å²) in [7, 11) is 0. The summed E-state index contributed by atoms with van der Waals surface area (Å²) in [6, 6.07) is 7.25. The van der Waals surface area contributed by atoms with E-state index in [1.807, 2.05) is 18.2 Å². The van der Waals surface area contributed by atoms with Crippen molar-refractivity contribution in [1.29, 1.82) is 0 Å². The molecule has 0 heterocycles. The lowest BCUT2D eigenvalue weighted by atomic mass is 10.1. The van der Waals surface area contributed by atoms with Gasteiger partial charge in [-0.05, 0) is 40.2 Å². The first-order chi connectivity index (χ1) is 10.7. The molecule has 0 unspecified atom stereocenters. The van der Waals surface area contributed by atoms with Crippen LogP contribution in [-0.4, -0.2) is 24.2 Å². The number of carbonyl (C=O) groups is 2. The third-order valence-corrected chi connectivity index (χ3v) is 3.22. The van der Waals surface area contributed by atoms with Crippen LogP contribution in [0, 0.1) is 0 Å². The van der Waals surface area contributed by atoms with Gasteiger partial charge in [-0.15, -0.1) is 0 Å². The fraction of sp³-hybridized carbons (Fsp3) is 0.529. The average Bonchev–Trinajstić information content (AvgIpc) is 2.42. The molecule has 0 bridgehead atoms. The van der Waals surface area contributed by atoms with Crippen molar-refractivity contribution < 1.29 is 19.1 Å². The van der Waals surface area contributed by atoms with Gasteiger partial charge in [-0.1, -0.05) is 29.8 Å². The lowest BCUT2D eigenvalue weighted by Gasteiger charge is -2.19. The van der Waals surface area contributed by atoms with Crippen molar-refractivity contribution in [2.75, 3.05) is 6.54 Å². The third-order valence-electron chi connectivity index (χ3n) is 2.88. The van der Waals surface area contributed by atoms with Gasteiger partial charge in [0.15, 0.2) is 0 Å². The molecular weight excluding hydrogens is 318 g/mol. The van der Waals surface area contributed by atoms with Crippen molar-refractivity contribution >= 4 is 23.7 Å². The first-order valence-electron chi connectivity index (χ1n) is 7.60. The minimum atomic E-state index is -0.534. The maximum atomic E-state index is 11.8. The molecule has 128 valence electrons. The lowest BCUT2D eigenvalue weighted by molar-refractivity contribution is -0.148. The number of benzene rings is 1. The second-order valence-electron chi connectivity index (χ2n) is 6.19. The van der Waals surface area contributed by atoms with Gasteiger partial charge in [0.2, 0.25) is 0 Å². The molecule has 0 aromatic heterocycles. The molecule has 0 fully saturated rings. The van der Waals surface area contributed by atoms with E-state index in [0.29, 0.717) is 18.0 Å². The molecule has 0 aliphatic heterocycles. The fourth-order valence-corrected chi connectivity index (χ4v) is 2.15. The van der Waals surface area contributed by atoms with E-state index in [1.54, 1.807) is 33.8 Å². The van der Waals surface area contributed by atoms with Crippen molar-refractivity contribution in [2.45, 2.75) is 52.2 Å². The van der Waals surface area contributed by atoms with E-state index in [0.717, 1.165) is 5.56 Å². The molecule has 0 aliphatic rings. The van der Waals surface area contributed by atoms with E-state index in [1.165, 1.54) is 0 Å². The standard InChI is InChI=1S/C17H24ClNO4/c1-12(13-8-5-6-9-14(13)18)22-15(20)10-7-11-19-16(21)23-17(2,3)4/h5-6,8-9,12H,7,10-11H2,1-4H3,(H,19,21)/t12-/m1/s1. The number of nitrogens with one attached hydrogen (secondary N) is 1. The van der Waals surface area contributed by atoms with Crippen LogP contribution < -0.4 is 5.32 Å². The van der Waals surface area contributed by atoms with Crippen LogP contribution in [0.15, 0.2) is 24.3 Å². The minimum Gasteiger partial charge on any atom is -0.458 e. The van der Waals surface area contributed by atoms with Crippen LogP contribution in [0.1, 0.15) is 52.2 Å². The number of hydrogen-bond donors (Lipinski definition) is 1. The Bertz CT molecular complexity index is 540. The highest BCUT2D eigenvalue weighted by Crippen LogP contribution is 2.25. The van der Waals surface area contributed by atoms with Gasteiger partial charge < -0.3 is 14.8 Å². The molecule has 1 atom stereocenters. The monoisotopic (exact) mass is 341 g/mol. The largest absolute Gasteiger partial charge is 0.458 e. The third kappa shape index (κ3) is 7.88. The first-order valence-corrected chi connectivity index (χ1v) is 7.97. The summed E-state index contributed by atoms with van der Waals surface area (Å²) in [6.45, 7) is 7.50. The molecule has 0 aliphatic carbocycles. The molecule has 1 N–H and O–H groups in total. The van der Waals surface area contributed by atoms with Crippen LogP contribution in [0.4, 0.5) is 4.79 Å². The maximum Gasteiger partial charge on any atom is 0.407 e. The van der Waals surface area contributed by atoms with E-state index in [9.17, 15) is 9.59 Å². The van der Waals surface area contributed by atoms with E-state index < -0.39 is 17.8 Å². The van der Waals surface area contributed by atoms with E-state index >= 15 is 0 Å². The lowest BCUT2D eigenvalue weighted by Crippen LogP contribution is -2.33. The number of carbonyl (C=O) groups excluding carboxylic acids is 2. The smallest absolute Gasteiger partial charge is 0.407 e. The predicted molar refractivity (Wildman–Crippen MR) is 89.4 cm³/mol. The number of ether oxygens (including phenoxy) is 2. The van der Waals surface area contributed by atoms with Crippen LogP contribution >= 0.6 is 11.6 Å². The number of alkyl carbamates (subject to hydrolysis) is 1. The summed E-state index contributed by atoms with van der Waals surface area (Å²) in [5, 5.41) is 3.17. The summed E-state index contributed by atoms with van der Waals surface area (Å²) >= 11 is 6.06. The zero-order valence-corrected chi connectivity index (χ0v) is 14.8. The number of esters is 1. The van der Waals surface area contributed by atoms with Crippen LogP contribution in [0.5, 0.6) is 0 Å². The zero-order chi connectivity index (χ0) is 17.5. The molecule has 6 heteroatoms. The fourth-order valence-electron chi connectivity index (χ4n) is 1.86. The molecule has 0 radical (unpaired) electrons. The molecule has 1 aromatic rings. The van der Waals surface area contributed by atoms with Crippen LogP contribution in [-0.2, 0) is 14.3 Å². The van der Waals surface area contributed by atoms with Gasteiger partial charge >= 0.3 is 12.1 Å². The summed E-state index contributed by atoms with van der Waals surface area (Å²) < 4.78 is 10.4. The second-order valence-corrected chi connectivity index (χ2v) is 6.59. The summed E-state index contributed by atoms with van der Waals surface area (Å²) in [5.41, 5.74) is 0.238. The Morgan fingerprint density at radius 2 is 1.91 bits per heavy atom. The maximum absolute atomic E-state index is 11.8. The number of hydrogen-bond acceptors (Lipinski definition) is 4. The molecule has 1 aromatic carbocycles. The van der Waals surface area contributed by atoms with Crippen molar-refractivity contribution in [3.63, 3.8) is 0 Å². The highest BCUT2D eigenvalue weighted by atomic mass is 35.5.